The molecule has 7 nitrogen and oxygen atoms in total. The first-order chi connectivity index (χ1) is 16.0. The number of pyridine rings is 2. The first-order valence-electron chi connectivity index (χ1n) is 11.8. The number of carbonyl (C=O) groups is 1. The van der Waals surface area contributed by atoms with Crippen LogP contribution in [0.4, 0.5) is 5.69 Å². The van der Waals surface area contributed by atoms with Crippen molar-refractivity contribution in [3.05, 3.63) is 69.9 Å². The van der Waals surface area contributed by atoms with E-state index in [1.807, 2.05) is 43.3 Å². The molecule has 2 saturated heterocycles. The van der Waals surface area contributed by atoms with Crippen molar-refractivity contribution in [3.63, 3.8) is 0 Å². The Morgan fingerprint density at radius 1 is 1.09 bits per heavy atom. The molecule has 2 aromatic heterocycles. The highest BCUT2D eigenvalue weighted by molar-refractivity contribution is 5.92. The fourth-order valence-electron chi connectivity index (χ4n) is 5.44. The predicted molar refractivity (Wildman–Crippen MR) is 131 cm³/mol. The SMILES string of the molecule is CNC(=O)c1ccc(N2CCC(N3CCC(c4cc5ccccc5c(=O)[nH]4)C3)CC2)c(C)n1. The summed E-state index contributed by atoms with van der Waals surface area (Å²) in [7, 11) is 1.62. The third kappa shape index (κ3) is 4.25. The number of hydrogen-bond acceptors (Lipinski definition) is 5. The molecular formula is C26H31N5O2. The zero-order chi connectivity index (χ0) is 22.9. The normalized spacial score (nSPS) is 19.8. The number of aromatic nitrogens is 2. The molecule has 2 N–H and O–H groups in total. The van der Waals surface area contributed by atoms with E-state index in [4.69, 9.17) is 0 Å². The second-order valence-electron chi connectivity index (χ2n) is 9.22. The van der Waals surface area contributed by atoms with Crippen LogP contribution in [-0.4, -0.2) is 60.0 Å². The van der Waals surface area contributed by atoms with Gasteiger partial charge in [0.25, 0.3) is 11.5 Å². The van der Waals surface area contributed by atoms with Gasteiger partial charge in [-0.3, -0.25) is 14.5 Å². The van der Waals surface area contributed by atoms with E-state index in [0.717, 1.165) is 73.3 Å². The Hall–Kier alpha value is -3.19. The number of rotatable bonds is 4. The maximum absolute atomic E-state index is 12.5. The molecule has 2 aliphatic heterocycles. The molecule has 33 heavy (non-hydrogen) atoms. The van der Waals surface area contributed by atoms with Gasteiger partial charge in [0, 0.05) is 49.7 Å². The molecule has 0 spiro atoms. The zero-order valence-electron chi connectivity index (χ0n) is 19.3. The van der Waals surface area contributed by atoms with Crippen molar-refractivity contribution in [2.24, 2.45) is 0 Å². The maximum Gasteiger partial charge on any atom is 0.269 e. The highest BCUT2D eigenvalue weighted by Gasteiger charge is 2.32. The number of fused-ring (bicyclic) bond motifs is 1. The molecule has 0 radical (unpaired) electrons. The minimum atomic E-state index is -0.153. The molecule has 3 aromatic rings. The van der Waals surface area contributed by atoms with Crippen LogP contribution in [0.1, 0.15) is 47.1 Å². The Morgan fingerprint density at radius 3 is 2.64 bits per heavy atom. The Kier molecular flexibility index (Phi) is 5.89. The molecule has 4 heterocycles. The second-order valence-corrected chi connectivity index (χ2v) is 9.22. The molecule has 1 atom stereocenters. The lowest BCUT2D eigenvalue weighted by Gasteiger charge is -2.38. The Morgan fingerprint density at radius 2 is 1.88 bits per heavy atom. The number of amides is 1. The van der Waals surface area contributed by atoms with Crippen LogP contribution in [0.5, 0.6) is 0 Å². The van der Waals surface area contributed by atoms with Crippen LogP contribution >= 0.6 is 0 Å². The van der Waals surface area contributed by atoms with E-state index in [0.29, 0.717) is 17.7 Å². The second kappa shape index (κ2) is 8.98. The summed E-state index contributed by atoms with van der Waals surface area (Å²) >= 11 is 0. The molecule has 2 aliphatic rings. The van der Waals surface area contributed by atoms with Crippen LogP contribution in [0.25, 0.3) is 10.8 Å². The lowest BCUT2D eigenvalue weighted by atomic mass is 10.0. The van der Waals surface area contributed by atoms with Gasteiger partial charge in [-0.1, -0.05) is 18.2 Å². The van der Waals surface area contributed by atoms with Crippen molar-refractivity contribution >= 4 is 22.4 Å². The highest BCUT2D eigenvalue weighted by Crippen LogP contribution is 2.32. The summed E-state index contributed by atoms with van der Waals surface area (Å²) < 4.78 is 0. The summed E-state index contributed by atoms with van der Waals surface area (Å²) in [6.45, 7) is 6.02. The maximum atomic E-state index is 12.5. The van der Waals surface area contributed by atoms with Gasteiger partial charge in [0.15, 0.2) is 0 Å². The van der Waals surface area contributed by atoms with Crippen LogP contribution in [0.3, 0.4) is 0 Å². The zero-order valence-corrected chi connectivity index (χ0v) is 19.3. The number of anilines is 1. The van der Waals surface area contributed by atoms with Gasteiger partial charge in [-0.15, -0.1) is 0 Å². The number of piperidine rings is 1. The number of carbonyl (C=O) groups excluding carboxylic acids is 1. The van der Waals surface area contributed by atoms with Crippen LogP contribution in [0.2, 0.25) is 0 Å². The van der Waals surface area contributed by atoms with Crippen molar-refractivity contribution in [2.45, 2.75) is 38.1 Å². The fourth-order valence-corrected chi connectivity index (χ4v) is 5.44. The third-order valence-corrected chi connectivity index (χ3v) is 7.27. The van der Waals surface area contributed by atoms with Crippen molar-refractivity contribution in [1.29, 1.82) is 0 Å². The summed E-state index contributed by atoms with van der Waals surface area (Å²) in [5.41, 5.74) is 3.56. The van der Waals surface area contributed by atoms with E-state index >= 15 is 0 Å². The minimum Gasteiger partial charge on any atom is -0.370 e. The van der Waals surface area contributed by atoms with Crippen molar-refractivity contribution in [3.8, 4) is 0 Å². The summed E-state index contributed by atoms with van der Waals surface area (Å²) in [5, 5.41) is 4.41. The Balaban J connectivity index is 1.22. The Labute approximate surface area is 193 Å². The van der Waals surface area contributed by atoms with Crippen molar-refractivity contribution in [2.75, 3.05) is 38.1 Å². The molecule has 0 saturated carbocycles. The first-order valence-corrected chi connectivity index (χ1v) is 11.8. The fraction of sp³-hybridized carbons (Fsp3) is 0.423. The summed E-state index contributed by atoms with van der Waals surface area (Å²) in [6.07, 6.45) is 3.30. The Bertz CT molecular complexity index is 1230. The van der Waals surface area contributed by atoms with Gasteiger partial charge in [0.05, 0.1) is 11.4 Å². The van der Waals surface area contributed by atoms with Crippen LogP contribution in [-0.2, 0) is 0 Å². The first kappa shape index (κ1) is 21.6. The molecule has 1 unspecified atom stereocenters. The topological polar surface area (TPSA) is 81.3 Å². The molecule has 5 rings (SSSR count). The lowest BCUT2D eigenvalue weighted by Crippen LogP contribution is -2.44. The van der Waals surface area contributed by atoms with E-state index in [9.17, 15) is 9.59 Å². The largest absolute Gasteiger partial charge is 0.370 e. The van der Waals surface area contributed by atoms with Crippen molar-refractivity contribution in [1.82, 2.24) is 20.2 Å². The molecule has 172 valence electrons. The average Bonchev–Trinajstić information content (AvgIpc) is 3.34. The minimum absolute atomic E-state index is 0.0151. The van der Waals surface area contributed by atoms with Gasteiger partial charge in [0.1, 0.15) is 5.69 Å². The molecule has 2 fully saturated rings. The lowest BCUT2D eigenvalue weighted by molar-refractivity contribution is 0.0958. The summed E-state index contributed by atoms with van der Waals surface area (Å²) in [5.74, 6) is 0.226. The molecule has 7 heteroatoms. The molecule has 1 amide bonds. The van der Waals surface area contributed by atoms with E-state index in [-0.39, 0.29) is 11.5 Å². The number of aryl methyl sites for hydroxylation is 1. The van der Waals surface area contributed by atoms with Crippen LogP contribution in [0, 0.1) is 6.92 Å². The number of nitrogens with one attached hydrogen (secondary N) is 2. The van der Waals surface area contributed by atoms with E-state index in [1.165, 1.54) is 0 Å². The molecular weight excluding hydrogens is 414 g/mol. The molecule has 0 bridgehead atoms. The highest BCUT2D eigenvalue weighted by atomic mass is 16.1. The number of hydrogen-bond donors (Lipinski definition) is 2. The van der Waals surface area contributed by atoms with Gasteiger partial charge in [-0.05, 0) is 62.4 Å². The van der Waals surface area contributed by atoms with E-state index in [2.05, 4.69) is 31.2 Å². The quantitative estimate of drug-likeness (QED) is 0.645. The number of nitrogens with zero attached hydrogens (tertiary/aromatic N) is 3. The number of H-pyrrole nitrogens is 1. The molecule has 0 aliphatic carbocycles. The van der Waals surface area contributed by atoms with Gasteiger partial charge >= 0.3 is 0 Å². The van der Waals surface area contributed by atoms with Gasteiger partial charge in [-0.2, -0.15) is 0 Å². The average molecular weight is 446 g/mol. The number of likely N-dealkylation sites (tertiary alicyclic amines) is 1. The van der Waals surface area contributed by atoms with Gasteiger partial charge in [0.2, 0.25) is 0 Å². The van der Waals surface area contributed by atoms with E-state index < -0.39 is 0 Å². The van der Waals surface area contributed by atoms with E-state index in [1.54, 1.807) is 7.05 Å². The van der Waals surface area contributed by atoms with Crippen LogP contribution < -0.4 is 15.8 Å². The smallest absolute Gasteiger partial charge is 0.269 e. The molecule has 1 aromatic carbocycles. The third-order valence-electron chi connectivity index (χ3n) is 7.27. The number of benzene rings is 1. The van der Waals surface area contributed by atoms with Gasteiger partial charge < -0.3 is 15.2 Å². The summed E-state index contributed by atoms with van der Waals surface area (Å²) in [4.78, 5) is 37.0. The number of aromatic amines is 1. The standard InChI is InChI=1S/C26H31N5O2/c1-17-24(8-7-22(28-17)26(33)27-2)30-13-10-20(11-14-30)31-12-9-19(16-31)23-15-18-5-3-4-6-21(18)25(32)29-23/h3-8,15,19-20H,9-14,16H2,1-2H3,(H,27,33)(H,29,32). The summed E-state index contributed by atoms with van der Waals surface area (Å²) in [6, 6.07) is 14.4. The monoisotopic (exact) mass is 445 g/mol. The van der Waals surface area contributed by atoms with Gasteiger partial charge in [-0.25, -0.2) is 4.98 Å². The van der Waals surface area contributed by atoms with Crippen LogP contribution in [0.15, 0.2) is 47.3 Å². The van der Waals surface area contributed by atoms with Crippen molar-refractivity contribution < 1.29 is 4.79 Å². The predicted octanol–water partition coefficient (Wildman–Crippen LogP) is 3.05.